The minimum Gasteiger partial charge on any atom is -0.375 e. The number of benzene rings is 1. The predicted molar refractivity (Wildman–Crippen MR) is 124 cm³/mol. The fraction of sp³-hybridized carbons (Fsp3) is 0.348. The van der Waals surface area contributed by atoms with Crippen LogP contribution in [-0.2, 0) is 16.1 Å². The lowest BCUT2D eigenvalue weighted by Gasteiger charge is -2.36. The molecule has 3 aromatic rings. The van der Waals surface area contributed by atoms with E-state index in [9.17, 15) is 9.59 Å². The van der Waals surface area contributed by atoms with Crippen molar-refractivity contribution in [2.24, 2.45) is 0 Å². The van der Waals surface area contributed by atoms with Crippen molar-refractivity contribution in [3.8, 4) is 11.4 Å². The largest absolute Gasteiger partial charge is 0.375 e. The minimum absolute atomic E-state index is 0.0514. The lowest BCUT2D eigenvalue weighted by molar-refractivity contribution is -0.154. The molecule has 0 spiro atoms. The lowest BCUT2D eigenvalue weighted by Crippen LogP contribution is -2.51. The van der Waals surface area contributed by atoms with Crippen LogP contribution >= 0.6 is 0 Å². The summed E-state index contributed by atoms with van der Waals surface area (Å²) in [6.45, 7) is 0.0514. The molecule has 1 aliphatic carbocycles. The molecule has 33 heavy (non-hydrogen) atoms. The van der Waals surface area contributed by atoms with Crippen LogP contribution in [0.15, 0.2) is 53.1 Å². The van der Waals surface area contributed by atoms with Crippen molar-refractivity contribution in [1.82, 2.24) is 30.2 Å². The Morgan fingerprint density at radius 1 is 1.27 bits per heavy atom. The van der Waals surface area contributed by atoms with Crippen LogP contribution in [0.3, 0.4) is 0 Å². The molecular formula is C23H27N7O3. The van der Waals surface area contributed by atoms with Gasteiger partial charge < -0.3 is 25.8 Å². The molecule has 1 fully saturated rings. The first-order chi connectivity index (χ1) is 16.0. The van der Waals surface area contributed by atoms with Gasteiger partial charge in [-0.15, -0.1) is 5.10 Å². The Morgan fingerprint density at radius 2 is 2.03 bits per heavy atom. The van der Waals surface area contributed by atoms with Crippen LogP contribution in [0.5, 0.6) is 0 Å². The van der Waals surface area contributed by atoms with Crippen LogP contribution in [0.2, 0.25) is 0 Å². The van der Waals surface area contributed by atoms with E-state index in [1.54, 1.807) is 7.05 Å². The standard InChI is InChI=1S/C23H27N7O3/c1-25-18(10-13-24)27-21(32)23(11-6-3-7-12-23)33-15-17-14-19(31)30-22(26-17)28-20(29-30)16-8-4-2-5-9-16/h2,4-5,8-10,13-14,24-25H,3,6-7,11-12,15H2,1H3,(H,27,32)(H,26,28,29)/b18-10+,24-13?. The summed E-state index contributed by atoms with van der Waals surface area (Å²) in [4.78, 5) is 33.3. The summed E-state index contributed by atoms with van der Waals surface area (Å²) < 4.78 is 7.40. The van der Waals surface area contributed by atoms with Gasteiger partial charge in [-0.25, -0.2) is 0 Å². The number of amides is 1. The van der Waals surface area contributed by atoms with E-state index < -0.39 is 5.60 Å². The first-order valence-electron chi connectivity index (χ1n) is 10.9. The summed E-state index contributed by atoms with van der Waals surface area (Å²) in [6, 6.07) is 10.8. The molecule has 4 N–H and O–H groups in total. The van der Waals surface area contributed by atoms with E-state index >= 15 is 0 Å². The van der Waals surface area contributed by atoms with Crippen LogP contribution in [0.1, 0.15) is 37.8 Å². The smallest absolute Gasteiger partial charge is 0.275 e. The Labute approximate surface area is 190 Å². The number of hydrogen-bond acceptors (Lipinski definition) is 7. The van der Waals surface area contributed by atoms with E-state index in [0.29, 0.717) is 36.0 Å². The molecule has 2 aromatic heterocycles. The number of carbonyl (C=O) groups excluding carboxylic acids is 1. The fourth-order valence-corrected chi connectivity index (χ4v) is 4.01. The Hall–Kier alpha value is -3.79. The molecule has 0 atom stereocenters. The van der Waals surface area contributed by atoms with Gasteiger partial charge in [0.1, 0.15) is 11.4 Å². The molecule has 0 radical (unpaired) electrons. The van der Waals surface area contributed by atoms with Crippen LogP contribution in [0.25, 0.3) is 17.2 Å². The summed E-state index contributed by atoms with van der Waals surface area (Å²) in [6.07, 6.45) is 6.51. The number of fused-ring (bicyclic) bond motifs is 1. The Balaban J connectivity index is 1.57. The van der Waals surface area contributed by atoms with Crippen molar-refractivity contribution >= 4 is 17.9 Å². The Bertz CT molecular complexity index is 1220. The number of allylic oxidation sites excluding steroid dienone is 1. The molecule has 0 bridgehead atoms. The number of nitrogens with zero attached hydrogens (tertiary/aromatic N) is 3. The van der Waals surface area contributed by atoms with Gasteiger partial charge in [-0.3, -0.25) is 9.59 Å². The molecule has 2 heterocycles. The number of rotatable bonds is 8. The number of ether oxygens (including phenoxy) is 1. The lowest BCUT2D eigenvalue weighted by atomic mass is 9.83. The van der Waals surface area contributed by atoms with Gasteiger partial charge in [0.2, 0.25) is 5.78 Å². The van der Waals surface area contributed by atoms with E-state index in [-0.39, 0.29) is 18.1 Å². The highest BCUT2D eigenvalue weighted by Crippen LogP contribution is 2.33. The van der Waals surface area contributed by atoms with Crippen molar-refractivity contribution in [3.05, 3.63) is 64.3 Å². The molecule has 1 saturated carbocycles. The topological polar surface area (TPSA) is 137 Å². The number of carbonyl (C=O) groups is 1. The van der Waals surface area contributed by atoms with Crippen molar-refractivity contribution in [2.45, 2.75) is 44.3 Å². The van der Waals surface area contributed by atoms with Crippen LogP contribution in [-0.4, -0.2) is 44.4 Å². The summed E-state index contributed by atoms with van der Waals surface area (Å²) >= 11 is 0. The number of aromatic nitrogens is 4. The maximum atomic E-state index is 13.1. The Morgan fingerprint density at radius 3 is 2.73 bits per heavy atom. The van der Waals surface area contributed by atoms with Crippen LogP contribution in [0, 0.1) is 5.41 Å². The molecule has 1 aliphatic rings. The summed E-state index contributed by atoms with van der Waals surface area (Å²) in [7, 11) is 1.67. The normalized spacial score (nSPS) is 15.8. The molecule has 10 heteroatoms. The predicted octanol–water partition coefficient (Wildman–Crippen LogP) is 2.13. The summed E-state index contributed by atoms with van der Waals surface area (Å²) in [5, 5.41) is 17.2. The van der Waals surface area contributed by atoms with Crippen molar-refractivity contribution in [1.29, 1.82) is 5.41 Å². The number of hydrogen-bond donors (Lipinski definition) is 4. The molecule has 1 amide bonds. The van der Waals surface area contributed by atoms with Crippen LogP contribution in [0.4, 0.5) is 0 Å². The van der Waals surface area contributed by atoms with Gasteiger partial charge in [0.05, 0.1) is 6.61 Å². The SMILES string of the molecule is CN/C(=C\C=N)NC(=O)C1(OCc2cc(=O)n3nc(-c4ccccc4)nc3[nH]2)CCCCC1. The van der Waals surface area contributed by atoms with E-state index in [0.717, 1.165) is 31.0 Å². The third-order valence-electron chi connectivity index (χ3n) is 5.76. The number of aromatic amines is 1. The second kappa shape index (κ2) is 9.78. The maximum absolute atomic E-state index is 13.1. The third-order valence-corrected chi connectivity index (χ3v) is 5.76. The molecule has 0 aliphatic heterocycles. The van der Waals surface area contributed by atoms with Gasteiger partial charge >= 0.3 is 0 Å². The van der Waals surface area contributed by atoms with Gasteiger partial charge in [0.15, 0.2) is 5.82 Å². The van der Waals surface area contributed by atoms with Gasteiger partial charge in [-0.05, 0) is 18.9 Å². The highest BCUT2D eigenvalue weighted by atomic mass is 16.5. The number of H-pyrrole nitrogens is 1. The molecule has 4 rings (SSSR count). The Kier molecular flexibility index (Phi) is 6.64. The molecule has 172 valence electrons. The molecule has 0 saturated heterocycles. The van der Waals surface area contributed by atoms with Crippen molar-refractivity contribution in [3.63, 3.8) is 0 Å². The second-order valence-corrected chi connectivity index (χ2v) is 7.96. The fourth-order valence-electron chi connectivity index (χ4n) is 4.01. The van der Waals surface area contributed by atoms with Crippen molar-refractivity contribution in [2.75, 3.05) is 7.05 Å². The van der Waals surface area contributed by atoms with E-state index in [4.69, 9.17) is 10.1 Å². The third kappa shape index (κ3) is 4.85. The molecule has 0 unspecified atom stereocenters. The zero-order valence-electron chi connectivity index (χ0n) is 18.4. The average Bonchev–Trinajstić information content (AvgIpc) is 3.28. The second-order valence-electron chi connectivity index (χ2n) is 7.96. The quantitative estimate of drug-likeness (QED) is 0.389. The van der Waals surface area contributed by atoms with Gasteiger partial charge in [0.25, 0.3) is 11.5 Å². The van der Waals surface area contributed by atoms with Gasteiger partial charge in [0, 0.05) is 30.6 Å². The summed E-state index contributed by atoms with van der Waals surface area (Å²) in [5.41, 5.74) is -0.0168. The van der Waals surface area contributed by atoms with E-state index in [2.05, 4.69) is 25.7 Å². The maximum Gasteiger partial charge on any atom is 0.275 e. The zero-order valence-corrected chi connectivity index (χ0v) is 18.4. The highest BCUT2D eigenvalue weighted by Gasteiger charge is 2.41. The molecular weight excluding hydrogens is 422 g/mol. The van der Waals surface area contributed by atoms with Gasteiger partial charge in [-0.2, -0.15) is 9.50 Å². The minimum atomic E-state index is -1.01. The van der Waals surface area contributed by atoms with E-state index in [1.165, 1.54) is 16.7 Å². The highest BCUT2D eigenvalue weighted by molar-refractivity contribution is 5.87. The average molecular weight is 450 g/mol. The molecule has 10 nitrogen and oxygen atoms in total. The monoisotopic (exact) mass is 449 g/mol. The first-order valence-corrected chi connectivity index (χ1v) is 10.9. The van der Waals surface area contributed by atoms with Gasteiger partial charge in [-0.1, -0.05) is 49.6 Å². The number of nitrogens with one attached hydrogen (secondary N) is 4. The van der Waals surface area contributed by atoms with Crippen molar-refractivity contribution < 1.29 is 9.53 Å². The first kappa shape index (κ1) is 22.4. The zero-order chi connectivity index (χ0) is 23.3. The molecule has 1 aromatic carbocycles. The summed E-state index contributed by atoms with van der Waals surface area (Å²) in [5.74, 6) is 0.924. The van der Waals surface area contributed by atoms with Crippen LogP contribution < -0.4 is 16.2 Å². The van der Waals surface area contributed by atoms with E-state index in [1.807, 2.05) is 30.3 Å².